The summed E-state index contributed by atoms with van der Waals surface area (Å²) < 4.78 is 1.18. The van der Waals surface area contributed by atoms with E-state index in [0.717, 1.165) is 10.3 Å². The summed E-state index contributed by atoms with van der Waals surface area (Å²) in [5.74, 6) is 0. The molecule has 0 aliphatic rings. The van der Waals surface area contributed by atoms with Crippen LogP contribution in [0.15, 0.2) is 24.5 Å². The van der Waals surface area contributed by atoms with Crippen LogP contribution in [0.3, 0.4) is 0 Å². The van der Waals surface area contributed by atoms with Crippen LogP contribution in [0.4, 0.5) is 0 Å². The molecule has 0 saturated heterocycles. The third-order valence-electron chi connectivity index (χ3n) is 1.75. The van der Waals surface area contributed by atoms with Crippen molar-refractivity contribution >= 4 is 21.4 Å². The SMILES string of the molecule is C[C@@H](O)c1cc2cnccc2s1. The maximum Gasteiger partial charge on any atom is 0.0854 e. The van der Waals surface area contributed by atoms with Gasteiger partial charge in [0.15, 0.2) is 0 Å². The number of fused-ring (bicyclic) bond motifs is 1. The molecule has 0 radical (unpaired) electrons. The summed E-state index contributed by atoms with van der Waals surface area (Å²) in [4.78, 5) is 5.01. The van der Waals surface area contributed by atoms with Gasteiger partial charge in [0.25, 0.3) is 0 Å². The van der Waals surface area contributed by atoms with E-state index in [2.05, 4.69) is 4.98 Å². The highest BCUT2D eigenvalue weighted by Gasteiger charge is 2.05. The number of pyridine rings is 1. The molecule has 0 saturated carbocycles. The minimum Gasteiger partial charge on any atom is -0.388 e. The fourth-order valence-corrected chi connectivity index (χ4v) is 2.08. The molecule has 2 rings (SSSR count). The van der Waals surface area contributed by atoms with E-state index in [0.29, 0.717) is 0 Å². The number of aliphatic hydroxyl groups excluding tert-OH is 1. The Kier molecular flexibility index (Phi) is 1.83. The summed E-state index contributed by atoms with van der Waals surface area (Å²) in [6.45, 7) is 1.78. The predicted octanol–water partition coefficient (Wildman–Crippen LogP) is 2.35. The molecular weight excluding hydrogens is 170 g/mol. The summed E-state index contributed by atoms with van der Waals surface area (Å²) in [6, 6.07) is 3.95. The molecule has 12 heavy (non-hydrogen) atoms. The minimum absolute atomic E-state index is 0.373. The van der Waals surface area contributed by atoms with Gasteiger partial charge < -0.3 is 5.11 Å². The number of hydrogen-bond acceptors (Lipinski definition) is 3. The van der Waals surface area contributed by atoms with Gasteiger partial charge >= 0.3 is 0 Å². The highest BCUT2D eigenvalue weighted by Crippen LogP contribution is 2.28. The topological polar surface area (TPSA) is 33.1 Å². The second kappa shape index (κ2) is 2.84. The van der Waals surface area contributed by atoms with Gasteiger partial charge in [0.05, 0.1) is 6.10 Å². The van der Waals surface area contributed by atoms with Crippen LogP contribution in [0.5, 0.6) is 0 Å². The molecule has 0 amide bonds. The first kappa shape index (κ1) is 7.71. The Morgan fingerprint density at radius 1 is 1.58 bits per heavy atom. The molecule has 1 atom stereocenters. The molecule has 2 aromatic heterocycles. The number of rotatable bonds is 1. The van der Waals surface area contributed by atoms with E-state index < -0.39 is 0 Å². The van der Waals surface area contributed by atoms with Crippen molar-refractivity contribution in [2.45, 2.75) is 13.0 Å². The Balaban J connectivity index is 2.62. The smallest absolute Gasteiger partial charge is 0.0854 e. The van der Waals surface area contributed by atoms with Crippen LogP contribution < -0.4 is 0 Å². The van der Waals surface area contributed by atoms with Crippen molar-refractivity contribution in [1.29, 1.82) is 0 Å². The average Bonchev–Trinajstić information content (AvgIpc) is 2.46. The van der Waals surface area contributed by atoms with Crippen LogP contribution >= 0.6 is 11.3 Å². The van der Waals surface area contributed by atoms with E-state index >= 15 is 0 Å². The zero-order valence-corrected chi connectivity index (χ0v) is 7.51. The van der Waals surface area contributed by atoms with E-state index in [4.69, 9.17) is 0 Å². The van der Waals surface area contributed by atoms with Crippen molar-refractivity contribution < 1.29 is 5.11 Å². The minimum atomic E-state index is -0.373. The third-order valence-corrected chi connectivity index (χ3v) is 3.03. The van der Waals surface area contributed by atoms with E-state index in [-0.39, 0.29) is 6.10 Å². The van der Waals surface area contributed by atoms with E-state index in [1.54, 1.807) is 24.5 Å². The lowest BCUT2D eigenvalue weighted by Crippen LogP contribution is -1.83. The zero-order valence-electron chi connectivity index (χ0n) is 6.69. The second-order valence-electron chi connectivity index (χ2n) is 2.74. The fourth-order valence-electron chi connectivity index (χ4n) is 1.11. The van der Waals surface area contributed by atoms with Crippen molar-refractivity contribution in [1.82, 2.24) is 4.98 Å². The van der Waals surface area contributed by atoms with Gasteiger partial charge in [0, 0.05) is 27.4 Å². The molecule has 2 heterocycles. The van der Waals surface area contributed by atoms with Crippen LogP contribution in [0.25, 0.3) is 10.1 Å². The Morgan fingerprint density at radius 3 is 3.08 bits per heavy atom. The summed E-state index contributed by atoms with van der Waals surface area (Å²) in [7, 11) is 0. The van der Waals surface area contributed by atoms with Gasteiger partial charge in [-0.25, -0.2) is 0 Å². The lowest BCUT2D eigenvalue weighted by Gasteiger charge is -1.95. The number of aromatic nitrogens is 1. The van der Waals surface area contributed by atoms with Crippen molar-refractivity contribution in [3.63, 3.8) is 0 Å². The summed E-state index contributed by atoms with van der Waals surface area (Å²) in [6.07, 6.45) is 3.21. The predicted molar refractivity (Wildman–Crippen MR) is 50.3 cm³/mol. The molecule has 0 aromatic carbocycles. The van der Waals surface area contributed by atoms with Crippen molar-refractivity contribution in [3.05, 3.63) is 29.4 Å². The Bertz CT molecular complexity index is 361. The maximum absolute atomic E-state index is 9.31. The lowest BCUT2D eigenvalue weighted by molar-refractivity contribution is 0.203. The molecule has 2 nitrogen and oxygen atoms in total. The number of hydrogen-bond donors (Lipinski definition) is 1. The number of nitrogens with zero attached hydrogens (tertiary/aromatic N) is 1. The summed E-state index contributed by atoms with van der Waals surface area (Å²) in [5.41, 5.74) is 0. The molecule has 0 unspecified atom stereocenters. The Morgan fingerprint density at radius 2 is 2.42 bits per heavy atom. The van der Waals surface area contributed by atoms with Gasteiger partial charge in [-0.2, -0.15) is 0 Å². The Labute approximate surface area is 74.5 Å². The first-order chi connectivity index (χ1) is 5.77. The maximum atomic E-state index is 9.31. The van der Waals surface area contributed by atoms with Gasteiger partial charge in [0.2, 0.25) is 0 Å². The largest absolute Gasteiger partial charge is 0.388 e. The molecule has 0 spiro atoms. The molecular formula is C9H9NOS. The molecule has 3 heteroatoms. The van der Waals surface area contributed by atoms with E-state index in [1.165, 1.54) is 4.70 Å². The molecule has 1 N–H and O–H groups in total. The summed E-state index contributed by atoms with van der Waals surface area (Å²) in [5, 5.41) is 10.4. The van der Waals surface area contributed by atoms with Gasteiger partial charge in [0.1, 0.15) is 0 Å². The van der Waals surface area contributed by atoms with Crippen LogP contribution in [0.1, 0.15) is 17.9 Å². The van der Waals surface area contributed by atoms with Crippen molar-refractivity contribution in [3.8, 4) is 0 Å². The summed E-state index contributed by atoms with van der Waals surface area (Å²) >= 11 is 1.62. The first-order valence-corrected chi connectivity index (χ1v) is 4.60. The van der Waals surface area contributed by atoms with Crippen molar-refractivity contribution in [2.75, 3.05) is 0 Å². The van der Waals surface area contributed by atoms with Crippen LogP contribution in [0, 0.1) is 0 Å². The molecule has 0 fully saturated rings. The average molecular weight is 179 g/mol. The normalized spacial score (nSPS) is 13.5. The molecule has 0 aliphatic carbocycles. The quantitative estimate of drug-likeness (QED) is 0.729. The Hall–Kier alpha value is -0.930. The number of thiophene rings is 1. The van der Waals surface area contributed by atoms with Crippen LogP contribution in [-0.2, 0) is 0 Å². The highest BCUT2D eigenvalue weighted by molar-refractivity contribution is 7.19. The molecule has 2 aromatic rings. The first-order valence-electron chi connectivity index (χ1n) is 3.79. The molecule has 62 valence electrons. The van der Waals surface area contributed by atoms with Crippen LogP contribution in [-0.4, -0.2) is 10.1 Å². The number of aliphatic hydroxyl groups is 1. The van der Waals surface area contributed by atoms with Gasteiger partial charge in [-0.1, -0.05) is 0 Å². The fraction of sp³-hybridized carbons (Fsp3) is 0.222. The molecule has 0 aliphatic heterocycles. The third kappa shape index (κ3) is 1.21. The van der Waals surface area contributed by atoms with Gasteiger partial charge in [-0.05, 0) is 19.1 Å². The van der Waals surface area contributed by atoms with Gasteiger partial charge in [-0.15, -0.1) is 11.3 Å². The van der Waals surface area contributed by atoms with Gasteiger partial charge in [-0.3, -0.25) is 4.98 Å². The van der Waals surface area contributed by atoms with E-state index in [1.807, 2.05) is 18.3 Å². The zero-order chi connectivity index (χ0) is 8.55. The van der Waals surface area contributed by atoms with Crippen LogP contribution in [0.2, 0.25) is 0 Å². The van der Waals surface area contributed by atoms with E-state index in [9.17, 15) is 5.11 Å². The molecule has 0 bridgehead atoms. The lowest BCUT2D eigenvalue weighted by atomic mass is 10.3. The van der Waals surface area contributed by atoms with Crippen molar-refractivity contribution in [2.24, 2.45) is 0 Å². The standard InChI is InChI=1S/C9H9NOS/c1-6(11)9-4-7-5-10-3-2-8(7)12-9/h2-6,11H,1H3/t6-/m1/s1. The second-order valence-corrected chi connectivity index (χ2v) is 3.85. The highest BCUT2D eigenvalue weighted by atomic mass is 32.1. The monoisotopic (exact) mass is 179 g/mol.